The first-order valence-electron chi connectivity index (χ1n) is 6.61. The number of alkyl halides is 3. The molecule has 0 aliphatic rings. The molecule has 24 heavy (non-hydrogen) atoms. The van der Waals surface area contributed by atoms with Crippen LogP contribution in [0.25, 0.3) is 0 Å². The van der Waals surface area contributed by atoms with Crippen molar-refractivity contribution in [1.29, 1.82) is 0 Å². The molecule has 0 spiro atoms. The molecular formula is C15H13F3N2O3S. The maximum absolute atomic E-state index is 12.6. The van der Waals surface area contributed by atoms with Crippen LogP contribution < -0.4 is 10.0 Å². The van der Waals surface area contributed by atoms with E-state index >= 15 is 0 Å². The number of nitrogens with one attached hydrogen (secondary N) is 2. The number of amides is 1. The molecule has 0 unspecified atom stereocenters. The van der Waals surface area contributed by atoms with E-state index in [1.54, 1.807) is 0 Å². The number of halogens is 3. The molecule has 0 fully saturated rings. The number of sulfonamides is 1. The van der Waals surface area contributed by atoms with Crippen molar-refractivity contribution in [2.24, 2.45) is 0 Å². The van der Waals surface area contributed by atoms with Gasteiger partial charge in [-0.25, -0.2) is 8.42 Å². The minimum atomic E-state index is -4.50. The first-order valence-corrected chi connectivity index (χ1v) is 8.50. The SMILES string of the molecule is CS(=O)(=O)Nc1ccc(C(=O)Nc2cccc(C(F)(F)F)c2)cc1. The van der Waals surface area contributed by atoms with Crippen LogP contribution in [-0.4, -0.2) is 20.6 Å². The maximum atomic E-state index is 12.6. The molecule has 0 atom stereocenters. The molecule has 0 radical (unpaired) electrons. The van der Waals surface area contributed by atoms with Gasteiger partial charge in [-0.2, -0.15) is 13.2 Å². The zero-order valence-electron chi connectivity index (χ0n) is 12.4. The fourth-order valence-electron chi connectivity index (χ4n) is 1.88. The van der Waals surface area contributed by atoms with Crippen LogP contribution in [0.3, 0.4) is 0 Å². The summed E-state index contributed by atoms with van der Waals surface area (Å²) < 4.78 is 62.3. The summed E-state index contributed by atoms with van der Waals surface area (Å²) in [5, 5.41) is 2.36. The summed E-state index contributed by atoms with van der Waals surface area (Å²) >= 11 is 0. The van der Waals surface area contributed by atoms with Crippen LogP contribution in [0, 0.1) is 0 Å². The van der Waals surface area contributed by atoms with Gasteiger partial charge in [-0.1, -0.05) is 6.07 Å². The summed E-state index contributed by atoms with van der Waals surface area (Å²) in [7, 11) is -3.43. The number of hydrogen-bond donors (Lipinski definition) is 2. The highest BCUT2D eigenvalue weighted by atomic mass is 32.2. The second kappa shape index (κ2) is 6.52. The smallest absolute Gasteiger partial charge is 0.322 e. The Balaban J connectivity index is 2.13. The Bertz CT molecular complexity index is 847. The molecular weight excluding hydrogens is 345 g/mol. The number of carbonyl (C=O) groups excluding carboxylic acids is 1. The lowest BCUT2D eigenvalue weighted by Crippen LogP contribution is -2.14. The second-order valence-electron chi connectivity index (χ2n) is 4.98. The zero-order chi connectivity index (χ0) is 18.0. The number of hydrogen-bond acceptors (Lipinski definition) is 3. The monoisotopic (exact) mass is 358 g/mol. The predicted octanol–water partition coefficient (Wildman–Crippen LogP) is 3.33. The molecule has 2 aromatic carbocycles. The molecule has 5 nitrogen and oxygen atoms in total. The van der Waals surface area contributed by atoms with Crippen LogP contribution >= 0.6 is 0 Å². The molecule has 2 aromatic rings. The van der Waals surface area contributed by atoms with E-state index in [4.69, 9.17) is 0 Å². The van der Waals surface area contributed by atoms with Crippen LogP contribution in [0.1, 0.15) is 15.9 Å². The number of benzene rings is 2. The average Bonchev–Trinajstić information content (AvgIpc) is 2.45. The van der Waals surface area contributed by atoms with Gasteiger partial charge in [0, 0.05) is 16.9 Å². The molecule has 9 heteroatoms. The molecule has 0 bridgehead atoms. The van der Waals surface area contributed by atoms with Crippen LogP contribution in [-0.2, 0) is 16.2 Å². The fraction of sp³-hybridized carbons (Fsp3) is 0.133. The van der Waals surface area contributed by atoms with E-state index in [0.29, 0.717) is 0 Å². The highest BCUT2D eigenvalue weighted by molar-refractivity contribution is 7.92. The topological polar surface area (TPSA) is 75.3 Å². The Morgan fingerprint density at radius 3 is 2.17 bits per heavy atom. The average molecular weight is 358 g/mol. The maximum Gasteiger partial charge on any atom is 0.416 e. The standard InChI is InChI=1S/C15H13F3N2O3S/c1-24(22,23)20-12-7-5-10(6-8-12)14(21)19-13-4-2-3-11(9-13)15(16,17)18/h2-9,20H,1H3,(H,19,21). The van der Waals surface area contributed by atoms with E-state index in [1.807, 2.05) is 0 Å². The summed E-state index contributed by atoms with van der Waals surface area (Å²) in [4.78, 5) is 12.0. The van der Waals surface area contributed by atoms with Gasteiger partial charge in [0.25, 0.3) is 5.91 Å². The molecule has 0 aliphatic carbocycles. The Kier molecular flexibility index (Phi) is 4.83. The van der Waals surface area contributed by atoms with E-state index in [1.165, 1.54) is 36.4 Å². The quantitative estimate of drug-likeness (QED) is 0.880. The van der Waals surface area contributed by atoms with E-state index < -0.39 is 27.7 Å². The third-order valence-electron chi connectivity index (χ3n) is 2.90. The Hall–Kier alpha value is -2.55. The van der Waals surface area contributed by atoms with Gasteiger partial charge < -0.3 is 5.32 Å². The first kappa shape index (κ1) is 17.8. The number of anilines is 2. The molecule has 0 saturated heterocycles. The van der Waals surface area contributed by atoms with Crippen molar-refractivity contribution in [3.8, 4) is 0 Å². The third kappa shape index (κ3) is 4.98. The van der Waals surface area contributed by atoms with Gasteiger partial charge in [-0.05, 0) is 42.5 Å². The van der Waals surface area contributed by atoms with E-state index in [2.05, 4.69) is 10.0 Å². The fourth-order valence-corrected chi connectivity index (χ4v) is 2.44. The molecule has 1 amide bonds. The summed E-state index contributed by atoms with van der Waals surface area (Å²) in [6.45, 7) is 0. The minimum absolute atomic E-state index is 0.00756. The third-order valence-corrected chi connectivity index (χ3v) is 3.50. The van der Waals surface area contributed by atoms with Crippen LogP contribution in [0.4, 0.5) is 24.5 Å². The summed E-state index contributed by atoms with van der Waals surface area (Å²) in [6, 6.07) is 9.74. The van der Waals surface area contributed by atoms with E-state index in [9.17, 15) is 26.4 Å². The van der Waals surface area contributed by atoms with Gasteiger partial charge in [0.2, 0.25) is 10.0 Å². The van der Waals surface area contributed by atoms with Gasteiger partial charge in [0.05, 0.1) is 11.8 Å². The Morgan fingerprint density at radius 2 is 1.62 bits per heavy atom. The first-order chi connectivity index (χ1) is 11.0. The lowest BCUT2D eigenvalue weighted by molar-refractivity contribution is -0.137. The van der Waals surface area contributed by atoms with Gasteiger partial charge in [-0.15, -0.1) is 0 Å². The van der Waals surface area contributed by atoms with Gasteiger partial charge in [-0.3, -0.25) is 9.52 Å². The Labute approximate surface area is 136 Å². The zero-order valence-corrected chi connectivity index (χ0v) is 13.2. The normalized spacial score (nSPS) is 11.8. The van der Waals surface area contributed by atoms with Crippen molar-refractivity contribution in [3.05, 3.63) is 59.7 Å². The number of rotatable bonds is 4. The molecule has 2 rings (SSSR count). The lowest BCUT2D eigenvalue weighted by Gasteiger charge is -2.10. The molecule has 0 heterocycles. The van der Waals surface area contributed by atoms with Crippen molar-refractivity contribution in [1.82, 2.24) is 0 Å². The highest BCUT2D eigenvalue weighted by Crippen LogP contribution is 2.30. The van der Waals surface area contributed by atoms with Gasteiger partial charge >= 0.3 is 6.18 Å². The highest BCUT2D eigenvalue weighted by Gasteiger charge is 2.30. The summed E-state index contributed by atoms with van der Waals surface area (Å²) in [5.74, 6) is -0.611. The largest absolute Gasteiger partial charge is 0.416 e. The van der Waals surface area contributed by atoms with Crippen molar-refractivity contribution in [2.75, 3.05) is 16.3 Å². The molecule has 2 N–H and O–H groups in total. The molecule has 128 valence electrons. The van der Waals surface area contributed by atoms with Crippen LogP contribution in [0.5, 0.6) is 0 Å². The molecule has 0 aromatic heterocycles. The molecule has 0 aliphatic heterocycles. The van der Waals surface area contributed by atoms with E-state index in [-0.39, 0.29) is 16.9 Å². The Morgan fingerprint density at radius 1 is 1.00 bits per heavy atom. The predicted molar refractivity (Wildman–Crippen MR) is 84.3 cm³/mol. The van der Waals surface area contributed by atoms with Crippen molar-refractivity contribution in [3.63, 3.8) is 0 Å². The second-order valence-corrected chi connectivity index (χ2v) is 6.73. The van der Waals surface area contributed by atoms with Crippen molar-refractivity contribution < 1.29 is 26.4 Å². The lowest BCUT2D eigenvalue weighted by atomic mass is 10.1. The van der Waals surface area contributed by atoms with E-state index in [0.717, 1.165) is 18.4 Å². The summed E-state index contributed by atoms with van der Waals surface area (Å²) in [6.07, 6.45) is -3.51. The van der Waals surface area contributed by atoms with Gasteiger partial charge in [0.15, 0.2) is 0 Å². The van der Waals surface area contributed by atoms with Crippen molar-refractivity contribution >= 4 is 27.3 Å². The van der Waals surface area contributed by atoms with Crippen LogP contribution in [0.2, 0.25) is 0 Å². The van der Waals surface area contributed by atoms with Crippen LogP contribution in [0.15, 0.2) is 48.5 Å². The summed E-state index contributed by atoms with van der Waals surface area (Å²) in [5.41, 5.74) is -0.416. The molecule has 0 saturated carbocycles. The van der Waals surface area contributed by atoms with Gasteiger partial charge in [0.1, 0.15) is 0 Å². The number of carbonyl (C=O) groups is 1. The minimum Gasteiger partial charge on any atom is -0.322 e. The van der Waals surface area contributed by atoms with Crippen molar-refractivity contribution in [2.45, 2.75) is 6.18 Å².